The minimum atomic E-state index is -0.782. The van der Waals surface area contributed by atoms with Crippen LogP contribution in [0, 0.1) is 5.92 Å². The van der Waals surface area contributed by atoms with Crippen LogP contribution in [-0.2, 0) is 10.5 Å². The Hall–Kier alpha value is -1.04. The summed E-state index contributed by atoms with van der Waals surface area (Å²) in [5.74, 6) is 1.55. The van der Waals surface area contributed by atoms with Crippen molar-refractivity contribution in [1.29, 1.82) is 0 Å². The van der Waals surface area contributed by atoms with Gasteiger partial charge in [0.1, 0.15) is 5.25 Å². The lowest BCUT2D eigenvalue weighted by molar-refractivity contribution is -0.137. The first-order chi connectivity index (χ1) is 8.08. The van der Waals surface area contributed by atoms with E-state index in [9.17, 15) is 4.79 Å². The van der Waals surface area contributed by atoms with Gasteiger partial charge in [0.05, 0.1) is 5.75 Å². The van der Waals surface area contributed by atoms with Crippen molar-refractivity contribution in [1.82, 2.24) is 10.1 Å². The molecule has 1 heterocycles. The number of rotatable bonds is 6. The average molecular weight is 256 g/mol. The molecule has 0 amide bonds. The van der Waals surface area contributed by atoms with E-state index < -0.39 is 11.2 Å². The molecule has 0 spiro atoms. The highest BCUT2D eigenvalue weighted by Gasteiger charge is 2.30. The number of thioether (sulfide) groups is 1. The molecule has 1 unspecified atom stereocenters. The van der Waals surface area contributed by atoms with E-state index >= 15 is 0 Å². The van der Waals surface area contributed by atoms with Gasteiger partial charge in [-0.2, -0.15) is 4.98 Å². The van der Waals surface area contributed by atoms with Crippen molar-refractivity contribution in [2.45, 2.75) is 43.6 Å². The molecular weight excluding hydrogens is 240 g/mol. The van der Waals surface area contributed by atoms with Crippen LogP contribution in [0.5, 0.6) is 0 Å². The SMILES string of the molecule is CC(C)C(SCc1noc(C2CC2)n1)C(=O)O. The van der Waals surface area contributed by atoms with Crippen molar-refractivity contribution in [2.75, 3.05) is 0 Å². The molecule has 1 N–H and O–H groups in total. The summed E-state index contributed by atoms with van der Waals surface area (Å²) >= 11 is 1.35. The van der Waals surface area contributed by atoms with Gasteiger partial charge in [0.25, 0.3) is 0 Å². The van der Waals surface area contributed by atoms with Crippen LogP contribution in [0.4, 0.5) is 0 Å². The molecule has 0 saturated heterocycles. The Bertz CT molecular complexity index is 401. The molecular formula is C11H16N2O3S. The Morgan fingerprint density at radius 3 is 2.82 bits per heavy atom. The van der Waals surface area contributed by atoms with Crippen molar-refractivity contribution in [3.8, 4) is 0 Å². The maximum atomic E-state index is 11.0. The van der Waals surface area contributed by atoms with Crippen molar-refractivity contribution in [3.05, 3.63) is 11.7 Å². The number of carbonyl (C=O) groups is 1. The molecule has 17 heavy (non-hydrogen) atoms. The Morgan fingerprint density at radius 2 is 2.29 bits per heavy atom. The number of carboxylic acids is 1. The monoisotopic (exact) mass is 256 g/mol. The fourth-order valence-electron chi connectivity index (χ4n) is 1.54. The van der Waals surface area contributed by atoms with Gasteiger partial charge in [0.15, 0.2) is 5.82 Å². The summed E-state index contributed by atoms with van der Waals surface area (Å²) < 4.78 is 5.12. The first-order valence-corrected chi connectivity index (χ1v) is 6.79. The highest BCUT2D eigenvalue weighted by molar-refractivity contribution is 7.99. The molecule has 2 rings (SSSR count). The third kappa shape index (κ3) is 3.21. The van der Waals surface area contributed by atoms with Gasteiger partial charge in [-0.25, -0.2) is 0 Å². The molecule has 1 aromatic heterocycles. The zero-order valence-electron chi connectivity index (χ0n) is 9.92. The second-order valence-electron chi connectivity index (χ2n) is 4.64. The summed E-state index contributed by atoms with van der Waals surface area (Å²) in [6.07, 6.45) is 2.25. The fraction of sp³-hybridized carbons (Fsp3) is 0.727. The second-order valence-corrected chi connectivity index (χ2v) is 5.77. The topological polar surface area (TPSA) is 76.2 Å². The van der Waals surface area contributed by atoms with Crippen molar-refractivity contribution in [3.63, 3.8) is 0 Å². The highest BCUT2D eigenvalue weighted by Crippen LogP contribution is 2.39. The molecule has 5 nitrogen and oxygen atoms in total. The third-order valence-electron chi connectivity index (χ3n) is 2.65. The molecule has 1 aromatic rings. The molecule has 0 aromatic carbocycles. The Kier molecular flexibility index (Phi) is 3.71. The van der Waals surface area contributed by atoms with Crippen LogP contribution in [0.3, 0.4) is 0 Å². The van der Waals surface area contributed by atoms with Crippen molar-refractivity contribution in [2.24, 2.45) is 5.92 Å². The first kappa shape index (κ1) is 12.4. The molecule has 1 fully saturated rings. The van der Waals surface area contributed by atoms with Crippen LogP contribution < -0.4 is 0 Å². The molecule has 1 aliphatic carbocycles. The van der Waals surface area contributed by atoms with E-state index in [1.807, 2.05) is 13.8 Å². The maximum Gasteiger partial charge on any atom is 0.316 e. The standard InChI is InChI=1S/C11H16N2O3S/c1-6(2)9(11(14)15)17-5-8-12-10(16-13-8)7-3-4-7/h6-7,9H,3-5H2,1-2H3,(H,14,15). The quantitative estimate of drug-likeness (QED) is 0.841. The molecule has 0 radical (unpaired) electrons. The molecule has 94 valence electrons. The minimum Gasteiger partial charge on any atom is -0.480 e. The Morgan fingerprint density at radius 1 is 1.59 bits per heavy atom. The van der Waals surface area contributed by atoms with Gasteiger partial charge in [0, 0.05) is 5.92 Å². The molecule has 0 aliphatic heterocycles. The minimum absolute atomic E-state index is 0.0901. The number of hydrogen-bond acceptors (Lipinski definition) is 5. The third-order valence-corrected chi connectivity index (χ3v) is 4.18. The summed E-state index contributed by atoms with van der Waals surface area (Å²) in [5.41, 5.74) is 0. The van der Waals surface area contributed by atoms with Crippen LogP contribution >= 0.6 is 11.8 Å². The van der Waals surface area contributed by atoms with Crippen LogP contribution in [0.25, 0.3) is 0 Å². The van der Waals surface area contributed by atoms with Crippen molar-refractivity contribution < 1.29 is 14.4 Å². The molecule has 1 aliphatic rings. The summed E-state index contributed by atoms with van der Waals surface area (Å²) in [6.45, 7) is 3.80. The van der Waals surface area contributed by atoms with Crippen molar-refractivity contribution >= 4 is 17.7 Å². The lowest BCUT2D eigenvalue weighted by Crippen LogP contribution is -2.22. The van der Waals surface area contributed by atoms with E-state index in [2.05, 4.69) is 10.1 Å². The van der Waals surface area contributed by atoms with E-state index in [0.717, 1.165) is 12.8 Å². The van der Waals surface area contributed by atoms with E-state index in [0.29, 0.717) is 23.4 Å². The summed E-state index contributed by atoms with van der Waals surface area (Å²) in [5, 5.41) is 12.5. The molecule has 1 atom stereocenters. The van der Waals surface area contributed by atoms with Crippen LogP contribution in [-0.4, -0.2) is 26.5 Å². The smallest absolute Gasteiger partial charge is 0.316 e. The predicted octanol–water partition coefficient (Wildman–Crippen LogP) is 2.29. The number of aliphatic carboxylic acids is 1. The highest BCUT2D eigenvalue weighted by atomic mass is 32.2. The van der Waals surface area contributed by atoms with Crippen LogP contribution in [0.2, 0.25) is 0 Å². The summed E-state index contributed by atoms with van der Waals surface area (Å²) in [4.78, 5) is 15.3. The largest absolute Gasteiger partial charge is 0.480 e. The zero-order valence-corrected chi connectivity index (χ0v) is 10.7. The lowest BCUT2D eigenvalue weighted by atomic mass is 10.1. The predicted molar refractivity (Wildman–Crippen MR) is 63.8 cm³/mol. The number of carboxylic acid groups (broad SMARTS) is 1. The van der Waals surface area contributed by atoms with Gasteiger partial charge in [-0.05, 0) is 18.8 Å². The first-order valence-electron chi connectivity index (χ1n) is 5.75. The molecule has 1 saturated carbocycles. The second kappa shape index (κ2) is 5.08. The number of hydrogen-bond donors (Lipinski definition) is 1. The number of aromatic nitrogens is 2. The van der Waals surface area contributed by atoms with Gasteiger partial charge in [-0.3, -0.25) is 4.79 Å². The van der Waals surface area contributed by atoms with E-state index in [4.69, 9.17) is 9.63 Å². The Balaban J connectivity index is 1.89. The average Bonchev–Trinajstić information content (AvgIpc) is 2.99. The fourth-order valence-corrected chi connectivity index (χ4v) is 2.51. The van der Waals surface area contributed by atoms with Gasteiger partial charge in [-0.15, -0.1) is 11.8 Å². The van der Waals surface area contributed by atoms with E-state index in [1.54, 1.807) is 0 Å². The van der Waals surface area contributed by atoms with Crippen LogP contribution in [0.15, 0.2) is 4.52 Å². The summed E-state index contributed by atoms with van der Waals surface area (Å²) in [6, 6.07) is 0. The van der Waals surface area contributed by atoms with E-state index in [1.165, 1.54) is 11.8 Å². The van der Waals surface area contributed by atoms with Gasteiger partial charge >= 0.3 is 5.97 Å². The molecule has 6 heteroatoms. The molecule has 0 bridgehead atoms. The normalized spacial score (nSPS) is 17.4. The Labute approximate surface area is 104 Å². The maximum absolute atomic E-state index is 11.0. The summed E-state index contributed by atoms with van der Waals surface area (Å²) in [7, 11) is 0. The zero-order chi connectivity index (χ0) is 12.4. The van der Waals surface area contributed by atoms with Gasteiger partial charge in [0.2, 0.25) is 5.89 Å². The number of nitrogens with zero attached hydrogens (tertiary/aromatic N) is 2. The van der Waals surface area contributed by atoms with Crippen LogP contribution in [0.1, 0.15) is 44.3 Å². The lowest BCUT2D eigenvalue weighted by Gasteiger charge is -2.14. The van der Waals surface area contributed by atoms with Gasteiger partial charge < -0.3 is 9.63 Å². The van der Waals surface area contributed by atoms with Gasteiger partial charge in [-0.1, -0.05) is 19.0 Å². The van der Waals surface area contributed by atoms with E-state index in [-0.39, 0.29) is 5.92 Å².